The van der Waals surface area contributed by atoms with Gasteiger partial charge in [0.05, 0.1) is 10.5 Å². The Labute approximate surface area is 120 Å². The normalized spacial score (nSPS) is 10.1. The summed E-state index contributed by atoms with van der Waals surface area (Å²) in [6, 6.07) is 3.66. The Bertz CT molecular complexity index is 543. The number of unbranched alkanes of at least 4 members (excludes halogenated alkanes) is 2. The number of nitro groups is 1. The van der Waals surface area contributed by atoms with Crippen LogP contribution in [0.15, 0.2) is 18.2 Å². The van der Waals surface area contributed by atoms with Crippen molar-refractivity contribution < 1.29 is 24.7 Å². The van der Waals surface area contributed by atoms with Crippen LogP contribution in [0.4, 0.5) is 11.4 Å². The highest BCUT2D eigenvalue weighted by molar-refractivity contribution is 5.89. The van der Waals surface area contributed by atoms with Gasteiger partial charge in [-0.1, -0.05) is 6.42 Å². The second-order valence-electron chi connectivity index (χ2n) is 4.43. The van der Waals surface area contributed by atoms with Crippen LogP contribution < -0.4 is 5.32 Å². The number of benzene rings is 1. The molecule has 0 aliphatic heterocycles. The molecule has 0 saturated heterocycles. The van der Waals surface area contributed by atoms with E-state index < -0.39 is 16.9 Å². The van der Waals surface area contributed by atoms with Crippen LogP contribution in [0.25, 0.3) is 0 Å². The standard InChI is InChI=1S/C13H16N2O6/c16-12(17)4-2-1-3-7-14-10-6-5-9(13(18)19)8-11(10)15(20)21/h5-6,8,14H,1-4,7H2,(H,16,17)(H,18,19). The van der Waals surface area contributed by atoms with Gasteiger partial charge in [-0.15, -0.1) is 0 Å². The van der Waals surface area contributed by atoms with E-state index in [-0.39, 0.29) is 23.4 Å². The van der Waals surface area contributed by atoms with Crippen molar-refractivity contribution in [3.05, 3.63) is 33.9 Å². The second kappa shape index (κ2) is 7.83. The van der Waals surface area contributed by atoms with Crippen LogP contribution >= 0.6 is 0 Å². The summed E-state index contributed by atoms with van der Waals surface area (Å²) in [6.45, 7) is 0.451. The molecular weight excluding hydrogens is 280 g/mol. The van der Waals surface area contributed by atoms with E-state index in [2.05, 4.69) is 5.32 Å². The molecule has 0 heterocycles. The van der Waals surface area contributed by atoms with Gasteiger partial charge in [0, 0.05) is 19.0 Å². The predicted molar refractivity (Wildman–Crippen MR) is 74.6 cm³/mol. The van der Waals surface area contributed by atoms with E-state index in [0.717, 1.165) is 6.07 Å². The van der Waals surface area contributed by atoms with Crippen molar-refractivity contribution in [2.75, 3.05) is 11.9 Å². The molecule has 0 bridgehead atoms. The lowest BCUT2D eigenvalue weighted by molar-refractivity contribution is -0.384. The number of anilines is 1. The maximum absolute atomic E-state index is 10.9. The Balaban J connectivity index is 2.56. The fraction of sp³-hybridized carbons (Fsp3) is 0.385. The van der Waals surface area contributed by atoms with Crippen molar-refractivity contribution in [3.8, 4) is 0 Å². The quantitative estimate of drug-likeness (QED) is 0.362. The molecule has 0 amide bonds. The topological polar surface area (TPSA) is 130 Å². The zero-order valence-corrected chi connectivity index (χ0v) is 11.2. The summed E-state index contributed by atoms with van der Waals surface area (Å²) in [4.78, 5) is 31.4. The van der Waals surface area contributed by atoms with Gasteiger partial charge in [-0.3, -0.25) is 14.9 Å². The first-order chi connectivity index (χ1) is 9.91. The summed E-state index contributed by atoms with van der Waals surface area (Å²) >= 11 is 0. The van der Waals surface area contributed by atoms with Gasteiger partial charge in [0.1, 0.15) is 5.69 Å². The molecule has 0 fully saturated rings. The monoisotopic (exact) mass is 296 g/mol. The van der Waals surface area contributed by atoms with Gasteiger partial charge in [-0.2, -0.15) is 0 Å². The Hall–Kier alpha value is -2.64. The van der Waals surface area contributed by atoms with E-state index in [1.165, 1.54) is 12.1 Å². The van der Waals surface area contributed by atoms with Crippen molar-refractivity contribution in [1.29, 1.82) is 0 Å². The molecule has 0 atom stereocenters. The number of rotatable bonds is 9. The number of aromatic carboxylic acids is 1. The van der Waals surface area contributed by atoms with Crippen LogP contribution in [0.2, 0.25) is 0 Å². The minimum atomic E-state index is -1.22. The number of carbonyl (C=O) groups is 2. The maximum Gasteiger partial charge on any atom is 0.335 e. The Morgan fingerprint density at radius 2 is 1.90 bits per heavy atom. The summed E-state index contributed by atoms with van der Waals surface area (Å²) < 4.78 is 0. The van der Waals surface area contributed by atoms with Gasteiger partial charge in [0.2, 0.25) is 0 Å². The highest BCUT2D eigenvalue weighted by atomic mass is 16.6. The molecule has 8 nitrogen and oxygen atoms in total. The third kappa shape index (κ3) is 5.47. The van der Waals surface area contributed by atoms with Crippen molar-refractivity contribution in [3.63, 3.8) is 0 Å². The highest BCUT2D eigenvalue weighted by Gasteiger charge is 2.16. The molecule has 21 heavy (non-hydrogen) atoms. The molecule has 0 spiro atoms. The van der Waals surface area contributed by atoms with Crippen LogP contribution in [-0.4, -0.2) is 33.6 Å². The molecule has 1 rings (SSSR count). The first-order valence-corrected chi connectivity index (χ1v) is 6.39. The van der Waals surface area contributed by atoms with Crippen LogP contribution in [0.1, 0.15) is 36.0 Å². The highest BCUT2D eigenvalue weighted by Crippen LogP contribution is 2.25. The average Bonchev–Trinajstić information content (AvgIpc) is 2.42. The van der Waals surface area contributed by atoms with Crippen molar-refractivity contribution in [1.82, 2.24) is 0 Å². The van der Waals surface area contributed by atoms with E-state index in [4.69, 9.17) is 10.2 Å². The molecule has 0 radical (unpaired) electrons. The number of carboxylic acid groups (broad SMARTS) is 2. The van der Waals surface area contributed by atoms with E-state index in [0.29, 0.717) is 25.8 Å². The lowest BCUT2D eigenvalue weighted by Gasteiger charge is -2.07. The lowest BCUT2D eigenvalue weighted by atomic mass is 10.1. The lowest BCUT2D eigenvalue weighted by Crippen LogP contribution is -2.06. The number of hydrogen-bond acceptors (Lipinski definition) is 5. The molecule has 0 saturated carbocycles. The van der Waals surface area contributed by atoms with E-state index >= 15 is 0 Å². The Morgan fingerprint density at radius 3 is 2.48 bits per heavy atom. The minimum Gasteiger partial charge on any atom is -0.481 e. The largest absolute Gasteiger partial charge is 0.481 e. The van der Waals surface area contributed by atoms with Crippen molar-refractivity contribution >= 4 is 23.3 Å². The van der Waals surface area contributed by atoms with Crippen LogP contribution in [0.5, 0.6) is 0 Å². The van der Waals surface area contributed by atoms with Gasteiger partial charge in [-0.05, 0) is 25.0 Å². The molecule has 114 valence electrons. The van der Waals surface area contributed by atoms with E-state index in [1.807, 2.05) is 0 Å². The number of nitro benzene ring substituents is 1. The molecule has 1 aromatic rings. The van der Waals surface area contributed by atoms with E-state index in [9.17, 15) is 19.7 Å². The smallest absolute Gasteiger partial charge is 0.335 e. The van der Waals surface area contributed by atoms with Gasteiger partial charge in [0.25, 0.3) is 5.69 Å². The second-order valence-corrected chi connectivity index (χ2v) is 4.43. The van der Waals surface area contributed by atoms with Gasteiger partial charge in [-0.25, -0.2) is 4.79 Å². The molecule has 1 aromatic carbocycles. The number of nitrogens with zero attached hydrogens (tertiary/aromatic N) is 1. The van der Waals surface area contributed by atoms with Crippen LogP contribution in [0, 0.1) is 10.1 Å². The summed E-state index contributed by atoms with van der Waals surface area (Å²) in [7, 11) is 0. The summed E-state index contributed by atoms with van der Waals surface area (Å²) in [5, 5.41) is 31.1. The van der Waals surface area contributed by atoms with Crippen LogP contribution in [-0.2, 0) is 4.79 Å². The fourth-order valence-electron chi connectivity index (χ4n) is 1.77. The van der Waals surface area contributed by atoms with E-state index in [1.54, 1.807) is 0 Å². The molecule has 3 N–H and O–H groups in total. The zero-order valence-electron chi connectivity index (χ0n) is 11.2. The van der Waals surface area contributed by atoms with Crippen molar-refractivity contribution in [2.24, 2.45) is 0 Å². The summed E-state index contributed by atoms with van der Waals surface area (Å²) in [5.74, 6) is -2.07. The SMILES string of the molecule is O=C(O)CCCCCNc1ccc(C(=O)O)cc1[N+](=O)[O-]. The van der Waals surface area contributed by atoms with Crippen LogP contribution in [0.3, 0.4) is 0 Å². The fourth-order valence-corrected chi connectivity index (χ4v) is 1.77. The number of nitrogens with one attached hydrogen (secondary N) is 1. The van der Waals surface area contributed by atoms with Gasteiger partial charge >= 0.3 is 11.9 Å². The molecule has 0 unspecified atom stereocenters. The van der Waals surface area contributed by atoms with Crippen molar-refractivity contribution in [2.45, 2.75) is 25.7 Å². The summed E-state index contributed by atoms with van der Waals surface area (Å²) in [5.41, 5.74) is -0.183. The third-order valence-electron chi connectivity index (χ3n) is 2.82. The number of hydrogen-bond donors (Lipinski definition) is 3. The zero-order chi connectivity index (χ0) is 15.8. The molecule has 8 heteroatoms. The predicted octanol–water partition coefficient (Wildman–Crippen LogP) is 2.35. The minimum absolute atomic E-state index is 0.105. The van der Waals surface area contributed by atoms with Gasteiger partial charge < -0.3 is 15.5 Å². The first kappa shape index (κ1) is 16.4. The molecular formula is C13H16N2O6. The molecule has 0 aliphatic rings. The van der Waals surface area contributed by atoms with Gasteiger partial charge in [0.15, 0.2) is 0 Å². The molecule has 0 aromatic heterocycles. The molecule has 0 aliphatic carbocycles. The average molecular weight is 296 g/mol. The first-order valence-electron chi connectivity index (χ1n) is 6.39. The summed E-state index contributed by atoms with van der Waals surface area (Å²) in [6.07, 6.45) is 2.02. The maximum atomic E-state index is 10.9. The number of carboxylic acids is 2. The Kier molecular flexibility index (Phi) is 6.12. The number of aliphatic carboxylic acids is 1. The third-order valence-corrected chi connectivity index (χ3v) is 2.82. The Morgan fingerprint density at radius 1 is 1.19 bits per heavy atom.